The molecule has 1 saturated carbocycles. The number of amides is 1. The third-order valence-electron chi connectivity index (χ3n) is 4.21. The number of methoxy groups -OCH3 is 1. The quantitative estimate of drug-likeness (QED) is 0.862. The second-order valence-corrected chi connectivity index (χ2v) is 5.91. The summed E-state index contributed by atoms with van der Waals surface area (Å²) in [5.74, 6) is 0.470. The number of para-hydroxylation sites is 3. The fraction of sp³-hybridized carbons (Fsp3) is 0.300. The highest BCUT2D eigenvalue weighted by atomic mass is 16.5. The van der Waals surface area contributed by atoms with E-state index in [0.29, 0.717) is 17.0 Å². The van der Waals surface area contributed by atoms with Crippen LogP contribution in [0.25, 0.3) is 0 Å². The molecular formula is C20H22N2O2. The summed E-state index contributed by atoms with van der Waals surface area (Å²) >= 11 is 0. The van der Waals surface area contributed by atoms with Crippen LogP contribution in [0.3, 0.4) is 0 Å². The van der Waals surface area contributed by atoms with Crippen molar-refractivity contribution in [3.8, 4) is 5.75 Å². The van der Waals surface area contributed by atoms with Crippen molar-refractivity contribution in [1.82, 2.24) is 0 Å². The molecule has 0 radical (unpaired) electrons. The summed E-state index contributed by atoms with van der Waals surface area (Å²) in [4.78, 5) is 17.5. The number of rotatable bonds is 4. The fourth-order valence-electron chi connectivity index (χ4n) is 2.94. The Bertz CT molecular complexity index is 745. The zero-order valence-electron chi connectivity index (χ0n) is 13.9. The summed E-state index contributed by atoms with van der Waals surface area (Å²) in [5.41, 5.74) is 3.17. The Morgan fingerprint density at radius 1 is 1.00 bits per heavy atom. The third-order valence-corrected chi connectivity index (χ3v) is 4.21. The largest absolute Gasteiger partial charge is 0.495 e. The Morgan fingerprint density at radius 3 is 2.50 bits per heavy atom. The number of ether oxygens (including phenoxy) is 1. The summed E-state index contributed by atoms with van der Waals surface area (Å²) in [6.07, 6.45) is 5.71. The number of nitrogens with zero attached hydrogens (tertiary/aromatic N) is 1. The minimum absolute atomic E-state index is 0.171. The second kappa shape index (κ2) is 7.77. The first-order valence-electron chi connectivity index (χ1n) is 8.38. The van der Waals surface area contributed by atoms with Crippen LogP contribution in [0.15, 0.2) is 53.5 Å². The molecule has 0 atom stereocenters. The van der Waals surface area contributed by atoms with Crippen LogP contribution in [0.4, 0.5) is 11.4 Å². The number of hydrogen-bond acceptors (Lipinski definition) is 3. The predicted octanol–water partition coefficient (Wildman–Crippen LogP) is 4.98. The van der Waals surface area contributed by atoms with Crippen LogP contribution in [0.2, 0.25) is 0 Å². The first kappa shape index (κ1) is 16.2. The summed E-state index contributed by atoms with van der Waals surface area (Å²) < 4.78 is 5.29. The molecule has 4 heteroatoms. The van der Waals surface area contributed by atoms with E-state index in [0.717, 1.165) is 18.5 Å². The van der Waals surface area contributed by atoms with E-state index in [1.807, 2.05) is 48.5 Å². The average Bonchev–Trinajstić information content (AvgIpc) is 2.63. The molecule has 0 heterocycles. The van der Waals surface area contributed by atoms with Crippen molar-refractivity contribution >= 4 is 23.0 Å². The van der Waals surface area contributed by atoms with Crippen molar-refractivity contribution in [2.24, 2.45) is 4.99 Å². The summed E-state index contributed by atoms with van der Waals surface area (Å²) in [6.45, 7) is 0. The number of anilines is 1. The summed E-state index contributed by atoms with van der Waals surface area (Å²) in [6, 6.07) is 14.9. The van der Waals surface area contributed by atoms with Gasteiger partial charge in [0, 0.05) is 5.71 Å². The highest BCUT2D eigenvalue weighted by molar-refractivity contribution is 6.08. The molecule has 1 amide bonds. The molecule has 0 spiro atoms. The van der Waals surface area contributed by atoms with Gasteiger partial charge in [-0.3, -0.25) is 9.79 Å². The molecule has 1 N–H and O–H groups in total. The van der Waals surface area contributed by atoms with Crippen molar-refractivity contribution < 1.29 is 9.53 Å². The molecule has 2 aromatic carbocycles. The van der Waals surface area contributed by atoms with Crippen molar-refractivity contribution in [1.29, 1.82) is 0 Å². The zero-order valence-corrected chi connectivity index (χ0v) is 13.9. The van der Waals surface area contributed by atoms with Gasteiger partial charge in [-0.15, -0.1) is 0 Å². The highest BCUT2D eigenvalue weighted by Crippen LogP contribution is 2.27. The van der Waals surface area contributed by atoms with Crippen molar-refractivity contribution in [2.45, 2.75) is 32.1 Å². The van der Waals surface area contributed by atoms with Gasteiger partial charge in [-0.2, -0.15) is 0 Å². The van der Waals surface area contributed by atoms with E-state index in [-0.39, 0.29) is 5.91 Å². The molecular weight excluding hydrogens is 300 g/mol. The summed E-state index contributed by atoms with van der Waals surface area (Å²) in [7, 11) is 1.59. The van der Waals surface area contributed by atoms with E-state index in [1.165, 1.54) is 25.0 Å². The number of aliphatic imine (C=N–C) groups is 1. The number of nitrogens with one attached hydrogen (secondary N) is 1. The Morgan fingerprint density at radius 2 is 1.71 bits per heavy atom. The van der Waals surface area contributed by atoms with Crippen molar-refractivity contribution in [2.75, 3.05) is 12.4 Å². The lowest BCUT2D eigenvalue weighted by molar-refractivity contribution is 0.102. The second-order valence-electron chi connectivity index (χ2n) is 5.91. The van der Waals surface area contributed by atoms with Crippen LogP contribution < -0.4 is 10.1 Å². The minimum atomic E-state index is -0.171. The average molecular weight is 322 g/mol. The van der Waals surface area contributed by atoms with Crippen LogP contribution in [0.5, 0.6) is 5.75 Å². The van der Waals surface area contributed by atoms with E-state index in [2.05, 4.69) is 5.32 Å². The molecule has 0 saturated heterocycles. The minimum Gasteiger partial charge on any atom is -0.495 e. The molecule has 0 unspecified atom stereocenters. The smallest absolute Gasteiger partial charge is 0.257 e. The Kier molecular flexibility index (Phi) is 5.26. The lowest BCUT2D eigenvalue weighted by atomic mass is 9.98. The maximum absolute atomic E-state index is 12.7. The van der Waals surface area contributed by atoms with E-state index in [4.69, 9.17) is 9.73 Å². The standard InChI is InChI=1S/C20H22N2O2/c1-24-19-14-8-7-13-18(19)22-20(23)16-11-5-6-12-17(16)21-15-9-3-2-4-10-15/h5-8,11-14H,2-4,9-10H2,1H3,(H,22,23). The molecule has 2 aromatic rings. The lowest BCUT2D eigenvalue weighted by Gasteiger charge is -2.14. The number of carbonyl (C=O) groups excluding carboxylic acids is 1. The number of benzene rings is 2. The monoisotopic (exact) mass is 322 g/mol. The first-order chi connectivity index (χ1) is 11.8. The van der Waals surface area contributed by atoms with Crippen LogP contribution in [-0.4, -0.2) is 18.7 Å². The Hall–Kier alpha value is -2.62. The van der Waals surface area contributed by atoms with Crippen LogP contribution in [0, 0.1) is 0 Å². The van der Waals surface area contributed by atoms with Crippen molar-refractivity contribution in [3.05, 3.63) is 54.1 Å². The van der Waals surface area contributed by atoms with Crippen molar-refractivity contribution in [3.63, 3.8) is 0 Å². The topological polar surface area (TPSA) is 50.7 Å². The molecule has 0 aromatic heterocycles. The molecule has 1 aliphatic rings. The van der Waals surface area contributed by atoms with E-state index >= 15 is 0 Å². The van der Waals surface area contributed by atoms with Gasteiger partial charge >= 0.3 is 0 Å². The predicted molar refractivity (Wildman–Crippen MR) is 97.6 cm³/mol. The normalized spacial score (nSPS) is 14.1. The SMILES string of the molecule is COc1ccccc1NC(=O)c1ccccc1N=C1CCCCC1. The molecule has 124 valence electrons. The molecule has 4 nitrogen and oxygen atoms in total. The van der Waals surface area contributed by atoms with Gasteiger partial charge in [0.15, 0.2) is 0 Å². The van der Waals surface area contributed by atoms with E-state index in [9.17, 15) is 4.79 Å². The summed E-state index contributed by atoms with van der Waals surface area (Å²) in [5, 5.41) is 2.92. The van der Waals surface area contributed by atoms with Gasteiger partial charge in [0.05, 0.1) is 24.0 Å². The van der Waals surface area contributed by atoms with Gasteiger partial charge in [0.25, 0.3) is 5.91 Å². The molecule has 3 rings (SSSR count). The van der Waals surface area contributed by atoms with Gasteiger partial charge < -0.3 is 10.1 Å². The van der Waals surface area contributed by atoms with Gasteiger partial charge in [0.1, 0.15) is 5.75 Å². The lowest BCUT2D eigenvalue weighted by Crippen LogP contribution is -2.13. The van der Waals surface area contributed by atoms with Gasteiger partial charge in [0.2, 0.25) is 0 Å². The molecule has 1 fully saturated rings. The van der Waals surface area contributed by atoms with Gasteiger partial charge in [-0.05, 0) is 49.9 Å². The maximum Gasteiger partial charge on any atom is 0.257 e. The highest BCUT2D eigenvalue weighted by Gasteiger charge is 2.14. The first-order valence-corrected chi connectivity index (χ1v) is 8.38. The molecule has 1 aliphatic carbocycles. The Labute approximate surface area is 142 Å². The van der Waals surface area contributed by atoms with E-state index < -0.39 is 0 Å². The van der Waals surface area contributed by atoms with Crippen LogP contribution >= 0.6 is 0 Å². The van der Waals surface area contributed by atoms with Crippen LogP contribution in [-0.2, 0) is 0 Å². The third kappa shape index (κ3) is 3.82. The number of carbonyl (C=O) groups is 1. The fourth-order valence-corrected chi connectivity index (χ4v) is 2.94. The molecule has 0 bridgehead atoms. The maximum atomic E-state index is 12.7. The van der Waals surface area contributed by atoms with Gasteiger partial charge in [-0.25, -0.2) is 0 Å². The van der Waals surface area contributed by atoms with Crippen LogP contribution in [0.1, 0.15) is 42.5 Å². The van der Waals surface area contributed by atoms with Gasteiger partial charge in [-0.1, -0.05) is 30.7 Å². The Balaban J connectivity index is 1.85. The molecule has 0 aliphatic heterocycles. The van der Waals surface area contributed by atoms with E-state index in [1.54, 1.807) is 7.11 Å². The molecule has 24 heavy (non-hydrogen) atoms. The zero-order chi connectivity index (χ0) is 16.8. The number of hydrogen-bond donors (Lipinski definition) is 1.